The van der Waals surface area contributed by atoms with Crippen molar-refractivity contribution in [2.75, 3.05) is 0 Å². The minimum atomic E-state index is -2.85. The highest BCUT2D eigenvalue weighted by Gasteiger charge is 2.23. The number of ether oxygens (including phenoxy) is 1. The average Bonchev–Trinajstić information content (AvgIpc) is 3.05. The number of aliphatic hydroxyl groups is 1. The van der Waals surface area contributed by atoms with Crippen LogP contribution in [-0.2, 0) is 25.0 Å². The van der Waals surface area contributed by atoms with Crippen LogP contribution < -0.4 is 10.3 Å². The Kier molecular flexibility index (Phi) is 5.82. The summed E-state index contributed by atoms with van der Waals surface area (Å²) in [6.45, 7) is 0.283. The Balaban J connectivity index is 1.59. The van der Waals surface area contributed by atoms with E-state index < -0.39 is 40.1 Å². The number of hydrogen-bond acceptors (Lipinski definition) is 7. The standard InChI is InChI=1S/C26H22ClF2N5O3/c1-26(2,36)25-30-7-6-18(33-25)19-10-21-14(11-31-19)4-3-5-16-9-22(23(27)24(35)34(16)21)37-13-20-17(29)8-15(28)12-32-20/h6-12,36H,3-5,13H2,1-2H3/i13D2. The van der Waals surface area contributed by atoms with Gasteiger partial charge in [0.05, 0.1) is 26.0 Å². The lowest BCUT2D eigenvalue weighted by Gasteiger charge is -2.17. The molecule has 11 heteroatoms. The van der Waals surface area contributed by atoms with Crippen molar-refractivity contribution in [3.63, 3.8) is 0 Å². The fourth-order valence-electron chi connectivity index (χ4n) is 4.00. The lowest BCUT2D eigenvalue weighted by Crippen LogP contribution is -2.23. The van der Waals surface area contributed by atoms with Gasteiger partial charge in [0, 0.05) is 30.2 Å². The molecule has 5 heterocycles. The SMILES string of the molecule is [2H]C([2H])(Oc1cc2n(c(=O)c1Cl)-c1cc(-c3ccnc(C(C)(C)O)n3)ncc1CCC2)c1ncc(F)cc1F. The molecule has 4 aromatic rings. The molecule has 1 aliphatic heterocycles. The van der Waals surface area contributed by atoms with Crippen LogP contribution in [0.2, 0.25) is 5.02 Å². The molecule has 0 saturated heterocycles. The number of nitrogens with zero attached hydrogens (tertiary/aromatic N) is 5. The molecule has 0 aromatic carbocycles. The highest BCUT2D eigenvalue weighted by molar-refractivity contribution is 6.31. The summed E-state index contributed by atoms with van der Waals surface area (Å²) in [5.74, 6) is -2.31. The van der Waals surface area contributed by atoms with Gasteiger partial charge in [0.1, 0.15) is 34.4 Å². The van der Waals surface area contributed by atoms with E-state index in [9.17, 15) is 18.7 Å². The summed E-state index contributed by atoms with van der Waals surface area (Å²) in [6.07, 6.45) is 5.50. The van der Waals surface area contributed by atoms with Crippen molar-refractivity contribution in [1.29, 1.82) is 0 Å². The first-order valence-electron chi connectivity index (χ1n) is 12.4. The van der Waals surface area contributed by atoms with Crippen LogP contribution >= 0.6 is 11.6 Å². The average molecular weight is 528 g/mol. The van der Waals surface area contributed by atoms with Gasteiger partial charge in [-0.05, 0) is 50.8 Å². The van der Waals surface area contributed by atoms with E-state index in [1.807, 2.05) is 0 Å². The van der Waals surface area contributed by atoms with E-state index in [4.69, 9.17) is 19.1 Å². The molecule has 0 amide bonds. The molecular weight excluding hydrogens is 504 g/mol. The Labute approximate surface area is 218 Å². The van der Waals surface area contributed by atoms with Crippen LogP contribution in [-0.4, -0.2) is 29.6 Å². The molecule has 5 rings (SSSR count). The summed E-state index contributed by atoms with van der Waals surface area (Å²) in [5, 5.41) is 9.88. The molecule has 0 bridgehead atoms. The van der Waals surface area contributed by atoms with Crippen LogP contribution in [0.5, 0.6) is 5.75 Å². The fraction of sp³-hybridized carbons (Fsp3) is 0.269. The van der Waals surface area contributed by atoms with Crippen LogP contribution in [0.3, 0.4) is 0 Å². The number of fused-ring (bicyclic) bond motifs is 3. The lowest BCUT2D eigenvalue weighted by atomic mass is 10.1. The predicted molar refractivity (Wildman–Crippen MR) is 132 cm³/mol. The lowest BCUT2D eigenvalue weighted by molar-refractivity contribution is 0.0688. The molecule has 0 atom stereocenters. The zero-order valence-corrected chi connectivity index (χ0v) is 20.6. The minimum Gasteiger partial charge on any atom is -0.485 e. The van der Waals surface area contributed by atoms with Gasteiger partial charge in [-0.3, -0.25) is 19.3 Å². The number of halogens is 3. The van der Waals surface area contributed by atoms with E-state index in [-0.39, 0.29) is 11.6 Å². The number of hydrogen-bond donors (Lipinski definition) is 1. The predicted octanol–water partition coefficient (Wildman–Crippen LogP) is 4.31. The third-order valence-corrected chi connectivity index (χ3v) is 6.15. The van der Waals surface area contributed by atoms with Gasteiger partial charge in [-0.1, -0.05) is 11.6 Å². The van der Waals surface area contributed by atoms with Crippen LogP contribution in [0, 0.1) is 11.6 Å². The third-order valence-electron chi connectivity index (χ3n) is 5.80. The molecule has 190 valence electrons. The number of aromatic nitrogens is 5. The maximum Gasteiger partial charge on any atom is 0.277 e. The van der Waals surface area contributed by atoms with Crippen LogP contribution in [0.1, 0.15) is 45.8 Å². The van der Waals surface area contributed by atoms with Crippen LogP contribution in [0.25, 0.3) is 17.1 Å². The Morgan fingerprint density at radius 2 is 1.97 bits per heavy atom. The van der Waals surface area contributed by atoms with Crippen molar-refractivity contribution in [1.82, 2.24) is 24.5 Å². The maximum atomic E-state index is 14.2. The quantitative estimate of drug-likeness (QED) is 0.412. The first-order valence-corrected chi connectivity index (χ1v) is 11.7. The molecule has 1 aliphatic rings. The summed E-state index contributed by atoms with van der Waals surface area (Å²) in [4.78, 5) is 30.0. The van der Waals surface area contributed by atoms with Gasteiger partial charge in [-0.2, -0.15) is 0 Å². The van der Waals surface area contributed by atoms with Gasteiger partial charge in [0.15, 0.2) is 11.6 Å². The monoisotopic (exact) mass is 527 g/mol. The number of aryl methyl sites for hydroxylation is 2. The van der Waals surface area contributed by atoms with Gasteiger partial charge >= 0.3 is 0 Å². The Bertz CT molecular complexity index is 1660. The Morgan fingerprint density at radius 3 is 2.73 bits per heavy atom. The molecule has 4 aromatic heterocycles. The molecule has 37 heavy (non-hydrogen) atoms. The first kappa shape index (κ1) is 22.4. The van der Waals surface area contributed by atoms with Crippen molar-refractivity contribution in [3.05, 3.63) is 92.6 Å². The smallest absolute Gasteiger partial charge is 0.277 e. The first-order chi connectivity index (χ1) is 18.3. The van der Waals surface area contributed by atoms with Crippen LogP contribution in [0.15, 0.2) is 47.7 Å². The summed E-state index contributed by atoms with van der Waals surface area (Å²) in [5.41, 5.74) is -0.0639. The van der Waals surface area contributed by atoms with Crippen molar-refractivity contribution < 1.29 is 21.4 Å². The van der Waals surface area contributed by atoms with Crippen molar-refractivity contribution in [2.45, 2.75) is 45.3 Å². The summed E-state index contributed by atoms with van der Waals surface area (Å²) in [6, 6.07) is 5.24. The molecule has 0 fully saturated rings. The topological polar surface area (TPSA) is 103 Å². The summed E-state index contributed by atoms with van der Waals surface area (Å²) >= 11 is 6.37. The van der Waals surface area contributed by atoms with Gasteiger partial charge in [-0.15, -0.1) is 0 Å². The molecule has 8 nitrogen and oxygen atoms in total. The second-order valence-corrected chi connectivity index (χ2v) is 9.40. The van der Waals surface area contributed by atoms with E-state index in [0.717, 1.165) is 5.56 Å². The zero-order chi connectivity index (χ0) is 28.1. The van der Waals surface area contributed by atoms with E-state index >= 15 is 0 Å². The van der Waals surface area contributed by atoms with Crippen molar-refractivity contribution in [3.8, 4) is 22.8 Å². The van der Waals surface area contributed by atoms with Gasteiger partial charge in [0.25, 0.3) is 5.56 Å². The Morgan fingerprint density at radius 1 is 1.16 bits per heavy atom. The second kappa shape index (κ2) is 9.60. The molecule has 1 N–H and O–H groups in total. The molecule has 0 aliphatic carbocycles. The van der Waals surface area contributed by atoms with E-state index in [2.05, 4.69) is 19.9 Å². The van der Waals surface area contributed by atoms with E-state index in [0.29, 0.717) is 54.3 Å². The maximum absolute atomic E-state index is 14.2. The van der Waals surface area contributed by atoms with Gasteiger partial charge < -0.3 is 9.84 Å². The zero-order valence-electron chi connectivity index (χ0n) is 21.8. The van der Waals surface area contributed by atoms with E-state index in [1.54, 1.807) is 32.2 Å². The molecular formula is C26H22ClF2N5O3. The highest BCUT2D eigenvalue weighted by atomic mass is 35.5. The normalized spacial score (nSPS) is 14.2. The van der Waals surface area contributed by atoms with E-state index in [1.165, 1.54) is 16.8 Å². The summed E-state index contributed by atoms with van der Waals surface area (Å²) in [7, 11) is 0. The van der Waals surface area contributed by atoms with Crippen molar-refractivity contribution in [2.24, 2.45) is 0 Å². The molecule has 0 saturated carbocycles. The minimum absolute atomic E-state index is 0.209. The molecule has 0 spiro atoms. The third kappa shape index (κ3) is 4.94. The Hall–Kier alpha value is -3.76. The van der Waals surface area contributed by atoms with Crippen molar-refractivity contribution >= 4 is 11.6 Å². The van der Waals surface area contributed by atoms with Gasteiger partial charge in [0.2, 0.25) is 0 Å². The highest BCUT2D eigenvalue weighted by Crippen LogP contribution is 2.31. The summed E-state index contributed by atoms with van der Waals surface area (Å²) < 4.78 is 50.7. The fourth-order valence-corrected chi connectivity index (χ4v) is 4.18. The molecule has 0 radical (unpaired) electrons. The largest absolute Gasteiger partial charge is 0.485 e. The van der Waals surface area contributed by atoms with Gasteiger partial charge in [-0.25, -0.2) is 18.7 Å². The number of pyridine rings is 3. The van der Waals surface area contributed by atoms with Crippen LogP contribution in [0.4, 0.5) is 8.78 Å². The molecule has 0 unspecified atom stereocenters. The number of rotatable bonds is 5. The second-order valence-electron chi connectivity index (χ2n) is 9.02.